The monoisotopic (exact) mass is 474 g/mol. The van der Waals surface area contributed by atoms with Gasteiger partial charge in [-0.15, -0.1) is 0 Å². The fourth-order valence-electron chi connectivity index (χ4n) is 3.10. The van der Waals surface area contributed by atoms with Crippen molar-refractivity contribution in [2.75, 3.05) is 9.44 Å². The third-order valence-corrected chi connectivity index (χ3v) is 7.77. The first kappa shape index (κ1) is 23.3. The summed E-state index contributed by atoms with van der Waals surface area (Å²) >= 11 is 0. The Kier molecular flexibility index (Phi) is 6.29. The molecule has 3 aromatic rings. The van der Waals surface area contributed by atoms with Gasteiger partial charge in [-0.3, -0.25) is 9.44 Å². The Hall–Kier alpha value is -3.37. The third kappa shape index (κ3) is 5.09. The molecule has 8 nitrogen and oxygen atoms in total. The van der Waals surface area contributed by atoms with Gasteiger partial charge in [0, 0.05) is 5.69 Å². The van der Waals surface area contributed by atoms with E-state index in [1.165, 1.54) is 37.3 Å². The minimum Gasteiger partial charge on any atom is -0.478 e. The minimum atomic E-state index is -4.17. The van der Waals surface area contributed by atoms with E-state index in [2.05, 4.69) is 9.44 Å². The van der Waals surface area contributed by atoms with Crippen LogP contribution in [0.4, 0.5) is 11.4 Å². The van der Waals surface area contributed by atoms with Crippen molar-refractivity contribution in [1.82, 2.24) is 0 Å². The zero-order chi connectivity index (χ0) is 23.7. The first-order chi connectivity index (χ1) is 14.9. The van der Waals surface area contributed by atoms with Crippen LogP contribution in [0.15, 0.2) is 70.5 Å². The SMILES string of the molecule is Cc1cccc(NS(=O)(=O)c2cc(NS(=O)(=O)c3cc(C(=O)O)ccc3C)ccc2C)c1. The predicted molar refractivity (Wildman–Crippen MR) is 122 cm³/mol. The fraction of sp³-hybridized carbons (Fsp3) is 0.136. The molecule has 0 saturated heterocycles. The molecule has 0 radical (unpaired) electrons. The van der Waals surface area contributed by atoms with Crippen molar-refractivity contribution < 1.29 is 26.7 Å². The first-order valence-electron chi connectivity index (χ1n) is 9.46. The topological polar surface area (TPSA) is 130 Å². The van der Waals surface area contributed by atoms with Gasteiger partial charge in [0.25, 0.3) is 20.0 Å². The molecule has 0 aromatic heterocycles. The summed E-state index contributed by atoms with van der Waals surface area (Å²) in [6, 6.07) is 14.8. The number of hydrogen-bond donors (Lipinski definition) is 3. The van der Waals surface area contributed by atoms with Crippen molar-refractivity contribution in [3.05, 3.63) is 82.9 Å². The number of rotatable bonds is 7. The van der Waals surface area contributed by atoms with Gasteiger partial charge in [-0.05, 0) is 73.9 Å². The van der Waals surface area contributed by atoms with E-state index in [1.807, 2.05) is 13.0 Å². The van der Waals surface area contributed by atoms with E-state index in [0.717, 1.165) is 11.6 Å². The lowest BCUT2D eigenvalue weighted by molar-refractivity contribution is 0.0696. The molecule has 0 amide bonds. The molecule has 3 N–H and O–H groups in total. The number of nitrogens with one attached hydrogen (secondary N) is 2. The molecule has 10 heteroatoms. The van der Waals surface area contributed by atoms with Gasteiger partial charge < -0.3 is 5.11 Å². The average molecular weight is 475 g/mol. The van der Waals surface area contributed by atoms with Crippen LogP contribution in [0.3, 0.4) is 0 Å². The standard InChI is InChI=1S/C22H22N2O6S2/c1-14-5-4-6-18(11-14)23-32(29,30)21-13-19(10-8-16(21)3)24-31(27,28)20-12-17(22(25)26)9-7-15(20)2/h4-13,23-24H,1-3H3,(H,25,26). The van der Waals surface area contributed by atoms with Crippen LogP contribution >= 0.6 is 0 Å². The summed E-state index contributed by atoms with van der Waals surface area (Å²) in [7, 11) is -8.16. The van der Waals surface area contributed by atoms with Crippen LogP contribution in [-0.4, -0.2) is 27.9 Å². The molecule has 0 fully saturated rings. The molecular weight excluding hydrogens is 452 g/mol. The number of carboxylic acids is 1. The summed E-state index contributed by atoms with van der Waals surface area (Å²) in [4.78, 5) is 10.9. The lowest BCUT2D eigenvalue weighted by Crippen LogP contribution is -2.17. The lowest BCUT2D eigenvalue weighted by Gasteiger charge is -2.14. The van der Waals surface area contributed by atoms with Crippen LogP contribution in [0.5, 0.6) is 0 Å². The molecule has 0 aliphatic heterocycles. The number of anilines is 2. The van der Waals surface area contributed by atoms with E-state index < -0.39 is 26.0 Å². The van der Waals surface area contributed by atoms with Crippen LogP contribution in [0.2, 0.25) is 0 Å². The number of benzene rings is 3. The van der Waals surface area contributed by atoms with Crippen LogP contribution in [0.25, 0.3) is 0 Å². The van der Waals surface area contributed by atoms with E-state index in [1.54, 1.807) is 25.1 Å². The molecule has 168 valence electrons. The van der Waals surface area contributed by atoms with Gasteiger partial charge in [0.15, 0.2) is 0 Å². The Bertz CT molecular complexity index is 1410. The summed E-state index contributed by atoms with van der Waals surface area (Å²) in [5.41, 5.74) is 1.89. The van der Waals surface area contributed by atoms with E-state index >= 15 is 0 Å². The van der Waals surface area contributed by atoms with E-state index in [-0.39, 0.29) is 21.0 Å². The van der Waals surface area contributed by atoms with Crippen molar-refractivity contribution in [2.24, 2.45) is 0 Å². The molecule has 3 rings (SSSR count). The largest absolute Gasteiger partial charge is 0.478 e. The van der Waals surface area contributed by atoms with Crippen molar-refractivity contribution in [2.45, 2.75) is 30.6 Å². The molecule has 0 aliphatic carbocycles. The van der Waals surface area contributed by atoms with Gasteiger partial charge >= 0.3 is 5.97 Å². The second-order valence-corrected chi connectivity index (χ2v) is 10.6. The second kappa shape index (κ2) is 8.64. The smallest absolute Gasteiger partial charge is 0.335 e. The highest BCUT2D eigenvalue weighted by atomic mass is 32.2. The lowest BCUT2D eigenvalue weighted by atomic mass is 10.1. The molecule has 0 unspecified atom stereocenters. The number of carbonyl (C=O) groups is 1. The van der Waals surface area contributed by atoms with Crippen molar-refractivity contribution in [3.8, 4) is 0 Å². The highest BCUT2D eigenvalue weighted by molar-refractivity contribution is 7.93. The van der Waals surface area contributed by atoms with Gasteiger partial charge in [-0.2, -0.15) is 0 Å². The zero-order valence-electron chi connectivity index (χ0n) is 17.6. The number of sulfonamides is 2. The van der Waals surface area contributed by atoms with Crippen molar-refractivity contribution in [3.63, 3.8) is 0 Å². The number of aromatic carboxylic acids is 1. The third-order valence-electron chi connectivity index (χ3n) is 4.72. The average Bonchev–Trinajstić information content (AvgIpc) is 2.68. The Balaban J connectivity index is 1.97. The maximum absolute atomic E-state index is 12.9. The van der Waals surface area contributed by atoms with Gasteiger partial charge in [-0.1, -0.05) is 24.3 Å². The maximum atomic E-state index is 12.9. The molecule has 0 saturated carbocycles. The number of hydrogen-bond acceptors (Lipinski definition) is 5. The molecule has 0 heterocycles. The van der Waals surface area contributed by atoms with E-state index in [0.29, 0.717) is 16.8 Å². The molecule has 3 aromatic carbocycles. The van der Waals surface area contributed by atoms with Crippen LogP contribution in [-0.2, 0) is 20.0 Å². The molecule has 0 aliphatic rings. The van der Waals surface area contributed by atoms with Gasteiger partial charge in [0.2, 0.25) is 0 Å². The maximum Gasteiger partial charge on any atom is 0.335 e. The fourth-order valence-corrected chi connectivity index (χ4v) is 5.75. The quantitative estimate of drug-likeness (QED) is 0.476. The van der Waals surface area contributed by atoms with Crippen LogP contribution in [0.1, 0.15) is 27.0 Å². The minimum absolute atomic E-state index is 0.0281. The molecular formula is C22H22N2O6S2. The Morgan fingerprint density at radius 3 is 1.81 bits per heavy atom. The predicted octanol–water partition coefficient (Wildman–Crippen LogP) is 3.91. The van der Waals surface area contributed by atoms with Gasteiger partial charge in [0.1, 0.15) is 0 Å². The zero-order valence-corrected chi connectivity index (χ0v) is 19.2. The summed E-state index contributed by atoms with van der Waals surface area (Å²) < 4.78 is 56.5. The second-order valence-electron chi connectivity index (χ2n) is 7.35. The number of aryl methyl sites for hydroxylation is 3. The molecule has 0 bridgehead atoms. The summed E-state index contributed by atoms with van der Waals surface area (Å²) in [5.74, 6) is -1.26. The van der Waals surface area contributed by atoms with E-state index in [9.17, 15) is 21.6 Å². The number of carboxylic acid groups (broad SMARTS) is 1. The molecule has 0 atom stereocenters. The highest BCUT2D eigenvalue weighted by Crippen LogP contribution is 2.26. The summed E-state index contributed by atoms with van der Waals surface area (Å²) in [6.45, 7) is 4.97. The molecule has 0 spiro atoms. The van der Waals surface area contributed by atoms with Gasteiger partial charge in [0.05, 0.1) is 21.0 Å². The summed E-state index contributed by atoms with van der Waals surface area (Å²) in [6.07, 6.45) is 0. The highest BCUT2D eigenvalue weighted by Gasteiger charge is 2.22. The van der Waals surface area contributed by atoms with Crippen LogP contribution < -0.4 is 9.44 Å². The first-order valence-corrected chi connectivity index (χ1v) is 12.4. The Morgan fingerprint density at radius 2 is 1.25 bits per heavy atom. The Morgan fingerprint density at radius 1 is 0.719 bits per heavy atom. The van der Waals surface area contributed by atoms with Gasteiger partial charge in [-0.25, -0.2) is 21.6 Å². The van der Waals surface area contributed by atoms with E-state index in [4.69, 9.17) is 5.11 Å². The Labute approximate surface area is 187 Å². The van der Waals surface area contributed by atoms with Crippen molar-refractivity contribution >= 4 is 37.4 Å². The van der Waals surface area contributed by atoms with Crippen LogP contribution in [0, 0.1) is 20.8 Å². The normalized spacial score (nSPS) is 11.7. The molecule has 32 heavy (non-hydrogen) atoms. The van der Waals surface area contributed by atoms with Crippen molar-refractivity contribution in [1.29, 1.82) is 0 Å². The summed E-state index contributed by atoms with van der Waals surface area (Å²) in [5, 5.41) is 9.16.